The van der Waals surface area contributed by atoms with Crippen LogP contribution in [0.1, 0.15) is 0 Å². The van der Waals surface area contributed by atoms with Gasteiger partial charge in [0.05, 0.1) is 55.2 Å². The third kappa shape index (κ3) is 11.4. The highest BCUT2D eigenvalue weighted by Gasteiger charge is 2.27. The molecule has 0 bridgehead atoms. The SMILES string of the molecule is CNc1ccc2c(OC)c(N=Nc3cc(OC)c(S(=O)(=O)CCOS(=O)(=O)O)cc3O)c(S(=O)(=O)O)cc2c1N=Nc1cccc(S(=O)(=O)CCOS(=O)(=O)O)c1. The number of fused-ring (bicyclic) bond motifs is 1. The monoisotopic (exact) mass is 897 g/mol. The number of benzene rings is 4. The number of ether oxygens (including phenoxy) is 2. The molecule has 4 aromatic rings. The molecular formula is C29H31N5O18S5. The van der Waals surface area contributed by atoms with Gasteiger partial charge in [-0.25, -0.2) is 25.2 Å². The summed E-state index contributed by atoms with van der Waals surface area (Å²) in [6.45, 7) is -1.86. The van der Waals surface area contributed by atoms with Gasteiger partial charge in [-0.05, 0) is 36.4 Å². The second-order valence-corrected chi connectivity index (χ2v) is 18.8. The summed E-state index contributed by atoms with van der Waals surface area (Å²) in [7, 11) is -19.9. The molecule has 0 aliphatic carbocycles. The van der Waals surface area contributed by atoms with E-state index < -0.39 is 108 Å². The summed E-state index contributed by atoms with van der Waals surface area (Å²) >= 11 is 0. The molecule has 0 atom stereocenters. The maximum Gasteiger partial charge on any atom is 0.397 e. The highest BCUT2D eigenvalue weighted by Crippen LogP contribution is 2.47. The molecule has 0 saturated heterocycles. The van der Waals surface area contributed by atoms with E-state index in [0.29, 0.717) is 6.07 Å². The minimum absolute atomic E-state index is 0.00258. The van der Waals surface area contributed by atoms with E-state index in [2.05, 4.69) is 34.1 Å². The van der Waals surface area contributed by atoms with Crippen molar-refractivity contribution >= 4 is 89.8 Å². The number of nitrogens with zero attached hydrogens (tertiary/aromatic N) is 4. The maximum atomic E-state index is 12.8. The van der Waals surface area contributed by atoms with Crippen LogP contribution in [0.2, 0.25) is 0 Å². The lowest BCUT2D eigenvalue weighted by molar-refractivity contribution is 0.282. The van der Waals surface area contributed by atoms with Gasteiger partial charge in [0.15, 0.2) is 25.4 Å². The average molecular weight is 898 g/mol. The van der Waals surface area contributed by atoms with Crippen molar-refractivity contribution < 1.29 is 78.7 Å². The molecule has 0 aromatic heterocycles. The van der Waals surface area contributed by atoms with Crippen LogP contribution < -0.4 is 14.8 Å². The van der Waals surface area contributed by atoms with Crippen LogP contribution in [-0.2, 0) is 59.0 Å². The Kier molecular flexibility index (Phi) is 13.6. The van der Waals surface area contributed by atoms with Gasteiger partial charge >= 0.3 is 20.8 Å². The van der Waals surface area contributed by atoms with Gasteiger partial charge in [-0.3, -0.25) is 13.7 Å². The molecule has 23 nitrogen and oxygen atoms in total. The maximum absolute atomic E-state index is 12.8. The fourth-order valence-corrected chi connectivity index (χ4v) is 8.73. The number of azo groups is 2. The first-order chi connectivity index (χ1) is 26.4. The summed E-state index contributed by atoms with van der Waals surface area (Å²) in [6.07, 6.45) is 0. The lowest BCUT2D eigenvalue weighted by Crippen LogP contribution is -2.16. The first-order valence-electron chi connectivity index (χ1n) is 15.3. The Balaban J connectivity index is 1.82. The van der Waals surface area contributed by atoms with Crippen LogP contribution >= 0.6 is 0 Å². The zero-order valence-corrected chi connectivity index (χ0v) is 33.4. The summed E-state index contributed by atoms with van der Waals surface area (Å²) in [4.78, 5) is -1.83. The Labute approximate surface area is 325 Å². The standard InChI is InChI=1S/C29H31N5O18S5/c1-30-21-8-7-19-20(27(21)33-31-17-5-4-6-18(13-17)53(36,37)11-9-51-56(43,44)45)14-26(55(40,41)42)28(29(19)50-3)34-32-22-15-24(49-2)25(16-23(22)35)54(38,39)12-10-52-57(46,47)48/h4-8,13-16,30,35H,9-12H2,1-3H3,(H,40,41,42)(H,43,44,45)(H,46,47,48). The molecule has 0 saturated carbocycles. The van der Waals surface area contributed by atoms with Gasteiger partial charge < -0.3 is 19.9 Å². The van der Waals surface area contributed by atoms with Crippen LogP contribution in [-0.4, -0.2) is 107 Å². The predicted molar refractivity (Wildman–Crippen MR) is 198 cm³/mol. The van der Waals surface area contributed by atoms with Crippen molar-refractivity contribution in [1.29, 1.82) is 0 Å². The van der Waals surface area contributed by atoms with Crippen LogP contribution in [0.5, 0.6) is 17.2 Å². The van der Waals surface area contributed by atoms with E-state index in [9.17, 15) is 51.7 Å². The largest absolute Gasteiger partial charge is 0.506 e. The second kappa shape index (κ2) is 17.3. The average Bonchev–Trinajstić information content (AvgIpc) is 3.10. The molecule has 0 aliphatic rings. The van der Waals surface area contributed by atoms with E-state index in [1.54, 1.807) is 0 Å². The number of aromatic hydroxyl groups is 1. The highest BCUT2D eigenvalue weighted by molar-refractivity contribution is 7.92. The molecule has 5 N–H and O–H groups in total. The number of nitrogens with one attached hydrogen (secondary N) is 1. The Morgan fingerprint density at radius 3 is 1.82 bits per heavy atom. The number of sulfone groups is 2. The predicted octanol–water partition coefficient (Wildman–Crippen LogP) is 3.87. The minimum Gasteiger partial charge on any atom is -0.506 e. The first-order valence-corrected chi connectivity index (χ1v) is 22.7. The molecule has 0 fully saturated rings. The van der Waals surface area contributed by atoms with Crippen LogP contribution in [0.25, 0.3) is 10.8 Å². The molecule has 4 rings (SSSR count). The van der Waals surface area contributed by atoms with E-state index in [0.717, 1.165) is 32.4 Å². The van der Waals surface area contributed by atoms with Gasteiger partial charge in [0.1, 0.15) is 38.4 Å². The Bertz CT molecular complexity index is 2830. The van der Waals surface area contributed by atoms with Gasteiger partial charge in [-0.15, -0.1) is 15.3 Å². The molecule has 0 unspecified atom stereocenters. The van der Waals surface area contributed by atoms with Crippen LogP contribution in [0, 0.1) is 0 Å². The van der Waals surface area contributed by atoms with E-state index >= 15 is 0 Å². The summed E-state index contributed by atoms with van der Waals surface area (Å²) in [5, 5.41) is 29.7. The number of rotatable bonds is 18. The summed E-state index contributed by atoms with van der Waals surface area (Å²) in [6, 6.07) is 10.5. The van der Waals surface area contributed by atoms with Crippen molar-refractivity contribution in [2.24, 2.45) is 20.5 Å². The molecule has 4 aromatic carbocycles. The lowest BCUT2D eigenvalue weighted by Gasteiger charge is -2.15. The summed E-state index contributed by atoms with van der Waals surface area (Å²) in [5.74, 6) is -3.34. The molecular weight excluding hydrogens is 867 g/mol. The highest BCUT2D eigenvalue weighted by atomic mass is 32.3. The molecule has 57 heavy (non-hydrogen) atoms. The second-order valence-electron chi connectivity index (χ2n) is 11.1. The van der Waals surface area contributed by atoms with Crippen molar-refractivity contribution in [2.75, 3.05) is 51.3 Å². The lowest BCUT2D eigenvalue weighted by atomic mass is 10.0. The van der Waals surface area contributed by atoms with E-state index in [1.165, 1.54) is 37.4 Å². The first kappa shape index (κ1) is 44.8. The summed E-state index contributed by atoms with van der Waals surface area (Å²) < 4.78 is 166. The van der Waals surface area contributed by atoms with Crippen molar-refractivity contribution in [3.63, 3.8) is 0 Å². The van der Waals surface area contributed by atoms with E-state index in [-0.39, 0.29) is 38.5 Å². The van der Waals surface area contributed by atoms with Crippen LogP contribution in [0.15, 0.2) is 89.7 Å². The van der Waals surface area contributed by atoms with Crippen LogP contribution in [0.4, 0.5) is 28.4 Å². The Hall–Kier alpha value is -4.91. The van der Waals surface area contributed by atoms with Gasteiger partial charge in [0.25, 0.3) is 10.1 Å². The number of phenols is 1. The van der Waals surface area contributed by atoms with E-state index in [1.807, 2.05) is 0 Å². The Morgan fingerprint density at radius 2 is 1.26 bits per heavy atom. The molecule has 0 heterocycles. The van der Waals surface area contributed by atoms with Crippen molar-refractivity contribution in [3.8, 4) is 17.2 Å². The zero-order valence-electron chi connectivity index (χ0n) is 29.4. The van der Waals surface area contributed by atoms with Gasteiger partial charge in [-0.2, -0.15) is 30.4 Å². The third-order valence-electron chi connectivity index (χ3n) is 7.40. The summed E-state index contributed by atoms with van der Waals surface area (Å²) in [5.41, 5.74) is -0.886. The number of anilines is 1. The fourth-order valence-electron chi connectivity index (χ4n) is 4.90. The van der Waals surface area contributed by atoms with Gasteiger partial charge in [0, 0.05) is 30.0 Å². The molecule has 0 radical (unpaired) electrons. The van der Waals surface area contributed by atoms with Crippen molar-refractivity contribution in [3.05, 3.63) is 54.6 Å². The number of methoxy groups -OCH3 is 2. The fraction of sp³-hybridized carbons (Fsp3) is 0.241. The molecule has 0 spiro atoms. The third-order valence-corrected chi connectivity index (χ3v) is 12.6. The number of hydrogen-bond acceptors (Lipinski definition) is 20. The number of phenolic OH excluding ortho intramolecular Hbond substituents is 1. The van der Waals surface area contributed by atoms with Crippen LogP contribution in [0.3, 0.4) is 0 Å². The number of hydrogen-bond donors (Lipinski definition) is 5. The quantitative estimate of drug-likeness (QED) is 0.0699. The molecule has 28 heteroatoms. The topological polar surface area (TPSA) is 350 Å². The zero-order chi connectivity index (χ0) is 42.6. The smallest absolute Gasteiger partial charge is 0.397 e. The van der Waals surface area contributed by atoms with Gasteiger partial charge in [-0.1, -0.05) is 6.07 Å². The minimum atomic E-state index is -5.17. The normalized spacial score (nSPS) is 13.1. The Morgan fingerprint density at radius 1 is 0.649 bits per heavy atom. The van der Waals surface area contributed by atoms with Crippen molar-refractivity contribution in [2.45, 2.75) is 14.7 Å². The van der Waals surface area contributed by atoms with Crippen molar-refractivity contribution in [1.82, 2.24) is 0 Å². The van der Waals surface area contributed by atoms with E-state index in [4.69, 9.17) is 18.6 Å². The molecule has 0 aliphatic heterocycles. The molecule has 0 amide bonds. The van der Waals surface area contributed by atoms with Gasteiger partial charge in [0.2, 0.25) is 0 Å². The molecule has 310 valence electrons.